The Bertz CT molecular complexity index is 401. The number of hydrogen-bond donors (Lipinski definition) is 1. The van der Waals surface area contributed by atoms with E-state index >= 15 is 0 Å². The van der Waals surface area contributed by atoms with Gasteiger partial charge < -0.3 is 10.5 Å². The van der Waals surface area contributed by atoms with Gasteiger partial charge in [-0.25, -0.2) is 0 Å². The third kappa shape index (κ3) is 3.11. The smallest absolute Gasteiger partial charge is 0.282 e. The lowest BCUT2D eigenvalue weighted by molar-refractivity contribution is 0.00687. The SMILES string of the molecule is C[C@@H]1CN(S(=O)(=O)N2CCC[C@@H](C)[C@H]2CN)CCO1. The lowest BCUT2D eigenvalue weighted by Gasteiger charge is -2.42. The average Bonchev–Trinajstić information content (AvgIpc) is 2.38. The fourth-order valence-electron chi connectivity index (χ4n) is 2.99. The molecule has 0 unspecified atom stereocenters. The van der Waals surface area contributed by atoms with Crippen LogP contribution in [-0.2, 0) is 14.9 Å². The summed E-state index contributed by atoms with van der Waals surface area (Å²) in [5.41, 5.74) is 5.79. The van der Waals surface area contributed by atoms with Crippen molar-refractivity contribution in [1.82, 2.24) is 8.61 Å². The van der Waals surface area contributed by atoms with Gasteiger partial charge in [-0.2, -0.15) is 17.0 Å². The summed E-state index contributed by atoms with van der Waals surface area (Å²) in [6, 6.07) is -0.0723. The third-order valence-electron chi connectivity index (χ3n) is 4.13. The van der Waals surface area contributed by atoms with Crippen LogP contribution in [0.2, 0.25) is 0 Å². The highest BCUT2D eigenvalue weighted by Gasteiger charge is 2.40. The minimum Gasteiger partial charge on any atom is -0.376 e. The predicted octanol–water partition coefficient (Wildman–Crippen LogP) is 0.0111. The molecular weight excluding hydrogens is 266 g/mol. The molecule has 0 aromatic heterocycles. The van der Waals surface area contributed by atoms with Crippen molar-refractivity contribution >= 4 is 10.2 Å². The van der Waals surface area contributed by atoms with Gasteiger partial charge in [0.25, 0.3) is 10.2 Å². The van der Waals surface area contributed by atoms with E-state index in [1.54, 1.807) is 8.61 Å². The number of hydrogen-bond acceptors (Lipinski definition) is 4. The average molecular weight is 291 g/mol. The molecular formula is C12H25N3O3S. The van der Waals surface area contributed by atoms with Gasteiger partial charge in [0.15, 0.2) is 0 Å². The van der Waals surface area contributed by atoms with Crippen LogP contribution in [-0.4, -0.2) is 62.0 Å². The van der Waals surface area contributed by atoms with Crippen LogP contribution in [0.25, 0.3) is 0 Å². The van der Waals surface area contributed by atoms with Crippen molar-refractivity contribution in [3.63, 3.8) is 0 Å². The van der Waals surface area contributed by atoms with Gasteiger partial charge in [-0.05, 0) is 25.7 Å². The first-order chi connectivity index (χ1) is 8.96. The molecule has 6 nitrogen and oxygen atoms in total. The maximum atomic E-state index is 12.7. The lowest BCUT2D eigenvalue weighted by Crippen LogP contribution is -2.58. The molecule has 19 heavy (non-hydrogen) atoms. The molecule has 2 aliphatic rings. The molecule has 0 aliphatic carbocycles. The number of rotatable bonds is 3. The second-order valence-corrected chi connectivity index (χ2v) is 7.46. The fraction of sp³-hybridized carbons (Fsp3) is 1.00. The van der Waals surface area contributed by atoms with E-state index in [0.29, 0.717) is 38.7 Å². The number of nitrogens with zero attached hydrogens (tertiary/aromatic N) is 2. The highest BCUT2D eigenvalue weighted by atomic mass is 32.2. The van der Waals surface area contributed by atoms with Crippen molar-refractivity contribution in [1.29, 1.82) is 0 Å². The predicted molar refractivity (Wildman–Crippen MR) is 73.9 cm³/mol. The Morgan fingerprint density at radius 1 is 1.32 bits per heavy atom. The molecule has 0 aromatic carbocycles. The molecule has 0 amide bonds. The molecule has 3 atom stereocenters. The van der Waals surface area contributed by atoms with Crippen LogP contribution in [0.4, 0.5) is 0 Å². The van der Waals surface area contributed by atoms with Gasteiger partial charge in [-0.15, -0.1) is 0 Å². The zero-order chi connectivity index (χ0) is 14.0. The number of nitrogens with two attached hydrogens (primary N) is 1. The van der Waals surface area contributed by atoms with E-state index in [1.165, 1.54) is 0 Å². The van der Waals surface area contributed by atoms with Crippen LogP contribution >= 0.6 is 0 Å². The van der Waals surface area contributed by atoms with Gasteiger partial charge in [-0.3, -0.25) is 0 Å². The molecule has 0 saturated carbocycles. The van der Waals surface area contributed by atoms with E-state index in [1.807, 2.05) is 6.92 Å². The molecule has 0 aromatic rings. The van der Waals surface area contributed by atoms with Gasteiger partial charge in [0.2, 0.25) is 0 Å². The molecule has 0 spiro atoms. The molecule has 2 saturated heterocycles. The molecule has 0 bridgehead atoms. The molecule has 2 rings (SSSR count). The minimum atomic E-state index is -3.41. The Morgan fingerprint density at radius 3 is 2.68 bits per heavy atom. The van der Waals surface area contributed by atoms with Crippen molar-refractivity contribution < 1.29 is 13.2 Å². The summed E-state index contributed by atoms with van der Waals surface area (Å²) in [6.07, 6.45) is 1.92. The second-order valence-electron chi connectivity index (χ2n) is 5.58. The van der Waals surface area contributed by atoms with Crippen LogP contribution in [0.15, 0.2) is 0 Å². The van der Waals surface area contributed by atoms with E-state index in [4.69, 9.17) is 10.5 Å². The van der Waals surface area contributed by atoms with Gasteiger partial charge in [-0.1, -0.05) is 6.92 Å². The summed E-state index contributed by atoms with van der Waals surface area (Å²) in [7, 11) is -3.41. The Hall–Kier alpha value is -0.210. The van der Waals surface area contributed by atoms with E-state index in [0.717, 1.165) is 12.8 Å². The monoisotopic (exact) mass is 291 g/mol. The molecule has 112 valence electrons. The topological polar surface area (TPSA) is 75.9 Å². The molecule has 7 heteroatoms. The van der Waals surface area contributed by atoms with Gasteiger partial charge >= 0.3 is 0 Å². The Labute approximate surface area is 116 Å². The second kappa shape index (κ2) is 6.05. The largest absolute Gasteiger partial charge is 0.376 e. The van der Waals surface area contributed by atoms with Crippen LogP contribution in [0.3, 0.4) is 0 Å². The van der Waals surface area contributed by atoms with Crippen LogP contribution in [0.1, 0.15) is 26.7 Å². The molecule has 2 fully saturated rings. The quantitative estimate of drug-likeness (QED) is 0.795. The van der Waals surface area contributed by atoms with E-state index in [9.17, 15) is 8.42 Å². The van der Waals surface area contributed by atoms with Gasteiger partial charge in [0, 0.05) is 32.2 Å². The van der Waals surface area contributed by atoms with E-state index < -0.39 is 10.2 Å². The fourth-order valence-corrected chi connectivity index (χ4v) is 4.99. The summed E-state index contributed by atoms with van der Waals surface area (Å²) in [5, 5.41) is 0. The standard InChI is InChI=1S/C12H25N3O3S/c1-10-4-3-5-15(12(10)8-13)19(16,17)14-6-7-18-11(2)9-14/h10-12H,3-9,13H2,1-2H3/t10-,11-,12-/m1/s1. The first-order valence-corrected chi connectivity index (χ1v) is 8.45. The third-order valence-corrected chi connectivity index (χ3v) is 6.16. The van der Waals surface area contributed by atoms with Crippen molar-refractivity contribution in [3.8, 4) is 0 Å². The van der Waals surface area contributed by atoms with Crippen molar-refractivity contribution in [3.05, 3.63) is 0 Å². The molecule has 2 N–H and O–H groups in total. The highest BCUT2D eigenvalue weighted by Crippen LogP contribution is 2.27. The summed E-state index contributed by atoms with van der Waals surface area (Å²) >= 11 is 0. The highest BCUT2D eigenvalue weighted by molar-refractivity contribution is 7.86. The molecule has 0 radical (unpaired) electrons. The zero-order valence-electron chi connectivity index (χ0n) is 11.8. The van der Waals surface area contributed by atoms with E-state index in [-0.39, 0.29) is 12.1 Å². The zero-order valence-corrected chi connectivity index (χ0v) is 12.6. The minimum absolute atomic E-state index is 0.0398. The van der Waals surface area contributed by atoms with Crippen LogP contribution in [0.5, 0.6) is 0 Å². The van der Waals surface area contributed by atoms with Crippen molar-refractivity contribution in [2.75, 3.05) is 32.8 Å². The summed E-state index contributed by atoms with van der Waals surface area (Å²) in [5.74, 6) is 0.326. The number of piperidine rings is 1. The van der Waals surface area contributed by atoms with Crippen LogP contribution in [0, 0.1) is 5.92 Å². The maximum absolute atomic E-state index is 12.7. The number of ether oxygens (including phenoxy) is 1. The summed E-state index contributed by atoms with van der Waals surface area (Å²) < 4.78 is 34.1. The molecule has 2 aliphatic heterocycles. The normalized spacial score (nSPS) is 35.4. The van der Waals surface area contributed by atoms with Crippen LogP contribution < -0.4 is 5.73 Å². The van der Waals surface area contributed by atoms with Crippen molar-refractivity contribution in [2.45, 2.75) is 38.8 Å². The number of morpholine rings is 1. The Kier molecular flexibility index (Phi) is 4.84. The van der Waals surface area contributed by atoms with Crippen molar-refractivity contribution in [2.24, 2.45) is 11.7 Å². The molecule has 2 heterocycles. The van der Waals surface area contributed by atoms with Gasteiger partial charge in [0.05, 0.1) is 12.7 Å². The lowest BCUT2D eigenvalue weighted by atomic mass is 9.93. The Balaban J connectivity index is 2.17. The van der Waals surface area contributed by atoms with E-state index in [2.05, 4.69) is 6.92 Å². The van der Waals surface area contributed by atoms with Gasteiger partial charge in [0.1, 0.15) is 0 Å². The first-order valence-electron chi connectivity index (χ1n) is 7.05. The first kappa shape index (κ1) is 15.2. The maximum Gasteiger partial charge on any atom is 0.282 e. The summed E-state index contributed by atoms with van der Waals surface area (Å²) in [4.78, 5) is 0. The summed E-state index contributed by atoms with van der Waals surface area (Å²) in [6.45, 7) is 6.30. The Morgan fingerprint density at radius 2 is 2.05 bits per heavy atom.